The van der Waals surface area contributed by atoms with Crippen molar-refractivity contribution in [3.8, 4) is 5.75 Å². The summed E-state index contributed by atoms with van der Waals surface area (Å²) in [6, 6.07) is 7.79. The normalized spacial score (nSPS) is 23.6. The number of ether oxygens (including phenoxy) is 5. The number of aliphatic hydroxyl groups excluding tert-OH is 1. The van der Waals surface area contributed by atoms with Gasteiger partial charge in [0.15, 0.2) is 5.79 Å². The van der Waals surface area contributed by atoms with Gasteiger partial charge in [0.05, 0.1) is 32.5 Å². The first-order valence-corrected chi connectivity index (χ1v) is 9.51. The molecule has 0 unspecified atom stereocenters. The van der Waals surface area contributed by atoms with Gasteiger partial charge in [-0.3, -0.25) is 0 Å². The van der Waals surface area contributed by atoms with Crippen molar-refractivity contribution in [2.24, 2.45) is 11.8 Å². The first-order valence-electron chi connectivity index (χ1n) is 9.51. The molecule has 0 amide bonds. The number of methoxy groups -OCH3 is 2. The van der Waals surface area contributed by atoms with Crippen molar-refractivity contribution in [2.45, 2.75) is 58.4 Å². The van der Waals surface area contributed by atoms with E-state index in [0.29, 0.717) is 13.2 Å². The van der Waals surface area contributed by atoms with Crippen molar-refractivity contribution in [3.05, 3.63) is 29.8 Å². The summed E-state index contributed by atoms with van der Waals surface area (Å²) in [5, 5.41) is 9.73. The Hall–Kier alpha value is -1.18. The van der Waals surface area contributed by atoms with E-state index in [0.717, 1.165) is 11.3 Å². The van der Waals surface area contributed by atoms with E-state index in [1.807, 2.05) is 45.0 Å². The summed E-state index contributed by atoms with van der Waals surface area (Å²) >= 11 is 0. The molecule has 6 nitrogen and oxygen atoms in total. The van der Waals surface area contributed by atoms with Gasteiger partial charge in [-0.25, -0.2) is 0 Å². The molecular weight excluding hydrogens is 348 g/mol. The molecule has 0 bridgehead atoms. The molecule has 1 aromatic carbocycles. The predicted molar refractivity (Wildman–Crippen MR) is 103 cm³/mol. The van der Waals surface area contributed by atoms with Crippen molar-refractivity contribution in [1.29, 1.82) is 0 Å². The summed E-state index contributed by atoms with van der Waals surface area (Å²) in [5.74, 6) is 0.181. The summed E-state index contributed by atoms with van der Waals surface area (Å²) in [4.78, 5) is 0. The van der Waals surface area contributed by atoms with Gasteiger partial charge in [-0.05, 0) is 31.5 Å². The van der Waals surface area contributed by atoms with Gasteiger partial charge in [-0.15, -0.1) is 0 Å². The van der Waals surface area contributed by atoms with Crippen LogP contribution in [0, 0.1) is 11.8 Å². The summed E-state index contributed by atoms with van der Waals surface area (Å²) < 4.78 is 28.9. The Balaban J connectivity index is 2.06. The molecule has 154 valence electrons. The van der Waals surface area contributed by atoms with E-state index in [9.17, 15) is 5.11 Å². The minimum atomic E-state index is -0.608. The maximum atomic E-state index is 9.73. The van der Waals surface area contributed by atoms with Crippen LogP contribution in [0.25, 0.3) is 0 Å². The van der Waals surface area contributed by atoms with Crippen molar-refractivity contribution in [3.63, 3.8) is 0 Å². The lowest BCUT2D eigenvalue weighted by atomic mass is 9.87. The van der Waals surface area contributed by atoms with E-state index in [1.165, 1.54) is 0 Å². The predicted octanol–water partition coefficient (Wildman–Crippen LogP) is 3.01. The fourth-order valence-corrected chi connectivity index (χ4v) is 3.62. The van der Waals surface area contributed by atoms with E-state index < -0.39 is 5.79 Å². The maximum absolute atomic E-state index is 9.73. The average molecular weight is 382 g/mol. The molecule has 1 aromatic rings. The van der Waals surface area contributed by atoms with Crippen molar-refractivity contribution in [2.75, 3.05) is 27.4 Å². The first-order chi connectivity index (χ1) is 12.8. The molecule has 6 heteroatoms. The van der Waals surface area contributed by atoms with E-state index in [2.05, 4.69) is 6.92 Å². The second-order valence-electron chi connectivity index (χ2n) is 7.71. The molecule has 0 saturated carbocycles. The van der Waals surface area contributed by atoms with E-state index in [4.69, 9.17) is 23.7 Å². The first kappa shape index (κ1) is 22.1. The van der Waals surface area contributed by atoms with Crippen LogP contribution in [0.3, 0.4) is 0 Å². The number of hydrogen-bond donors (Lipinski definition) is 1. The van der Waals surface area contributed by atoms with Gasteiger partial charge in [0, 0.05) is 25.6 Å². The highest BCUT2D eigenvalue weighted by molar-refractivity contribution is 5.26. The SMILES string of the molecule is COc1ccc(CO[C@H]([C@@H](C)[C@H](OC)[C@@H]2COC(C)(C)O2)[C@H](C)CO)cc1. The average Bonchev–Trinajstić information content (AvgIpc) is 3.02. The second kappa shape index (κ2) is 9.85. The van der Waals surface area contributed by atoms with Gasteiger partial charge >= 0.3 is 0 Å². The molecule has 1 aliphatic rings. The molecular formula is C21H34O6. The molecule has 5 atom stereocenters. The van der Waals surface area contributed by atoms with Crippen LogP contribution in [0.5, 0.6) is 5.75 Å². The maximum Gasteiger partial charge on any atom is 0.163 e. The highest BCUT2D eigenvalue weighted by atomic mass is 16.7. The van der Waals surface area contributed by atoms with Crippen LogP contribution in [0.2, 0.25) is 0 Å². The molecule has 1 saturated heterocycles. The van der Waals surface area contributed by atoms with Gasteiger partial charge in [0.1, 0.15) is 11.9 Å². The van der Waals surface area contributed by atoms with Crippen LogP contribution in [-0.2, 0) is 25.6 Å². The molecule has 1 fully saturated rings. The minimum absolute atomic E-state index is 0.0119. The topological polar surface area (TPSA) is 66.4 Å². The standard InChI is InChI=1S/C21H34O6/c1-14(11-22)19(25-12-16-7-9-17(23-5)10-8-16)15(2)20(24-6)18-13-26-21(3,4)27-18/h7-10,14-15,18-20,22H,11-13H2,1-6H3/t14-,15-,18+,19+,20+/m1/s1. The molecule has 0 spiro atoms. The molecule has 2 rings (SSSR count). The molecule has 0 aliphatic carbocycles. The van der Waals surface area contributed by atoms with E-state index in [-0.39, 0.29) is 36.8 Å². The monoisotopic (exact) mass is 382 g/mol. The Bertz CT molecular complexity index is 558. The number of rotatable bonds is 10. The quantitative estimate of drug-likeness (QED) is 0.671. The van der Waals surface area contributed by atoms with Gasteiger partial charge < -0.3 is 28.8 Å². The van der Waals surface area contributed by atoms with Crippen LogP contribution in [-0.4, -0.2) is 56.6 Å². The van der Waals surface area contributed by atoms with Crippen LogP contribution in [0.15, 0.2) is 24.3 Å². The summed E-state index contributed by atoms with van der Waals surface area (Å²) in [6.45, 7) is 8.84. The molecule has 0 aromatic heterocycles. The summed E-state index contributed by atoms with van der Waals surface area (Å²) in [5.41, 5.74) is 1.05. The van der Waals surface area contributed by atoms with Gasteiger partial charge in [0.2, 0.25) is 0 Å². The highest BCUT2D eigenvalue weighted by Gasteiger charge is 2.42. The Kier molecular flexibility index (Phi) is 8.06. The van der Waals surface area contributed by atoms with Gasteiger partial charge in [0.25, 0.3) is 0 Å². The zero-order valence-electron chi connectivity index (χ0n) is 17.3. The molecule has 0 radical (unpaired) electrons. The Morgan fingerprint density at radius 1 is 1.19 bits per heavy atom. The zero-order valence-corrected chi connectivity index (χ0v) is 17.3. The van der Waals surface area contributed by atoms with Crippen LogP contribution in [0.4, 0.5) is 0 Å². The summed E-state index contributed by atoms with van der Waals surface area (Å²) in [7, 11) is 3.33. The van der Waals surface area contributed by atoms with Crippen molar-refractivity contribution in [1.82, 2.24) is 0 Å². The zero-order chi connectivity index (χ0) is 20.0. The van der Waals surface area contributed by atoms with Gasteiger partial charge in [-0.1, -0.05) is 26.0 Å². The lowest BCUT2D eigenvalue weighted by molar-refractivity contribution is -0.169. The van der Waals surface area contributed by atoms with Crippen molar-refractivity contribution < 1.29 is 28.8 Å². The third kappa shape index (κ3) is 5.90. The number of benzene rings is 1. The second-order valence-corrected chi connectivity index (χ2v) is 7.71. The van der Waals surface area contributed by atoms with E-state index >= 15 is 0 Å². The van der Waals surface area contributed by atoms with Crippen LogP contribution < -0.4 is 4.74 Å². The molecule has 1 N–H and O–H groups in total. The Morgan fingerprint density at radius 3 is 2.33 bits per heavy atom. The van der Waals surface area contributed by atoms with Crippen molar-refractivity contribution >= 4 is 0 Å². The third-order valence-corrected chi connectivity index (χ3v) is 5.16. The third-order valence-electron chi connectivity index (χ3n) is 5.16. The number of hydrogen-bond acceptors (Lipinski definition) is 6. The molecule has 1 aliphatic heterocycles. The van der Waals surface area contributed by atoms with Crippen LogP contribution >= 0.6 is 0 Å². The Morgan fingerprint density at radius 2 is 1.85 bits per heavy atom. The number of aliphatic hydroxyl groups is 1. The summed E-state index contributed by atoms with van der Waals surface area (Å²) in [6.07, 6.45) is -0.547. The lowest BCUT2D eigenvalue weighted by Crippen LogP contribution is -2.45. The largest absolute Gasteiger partial charge is 0.497 e. The van der Waals surface area contributed by atoms with E-state index in [1.54, 1.807) is 14.2 Å². The fraction of sp³-hybridized carbons (Fsp3) is 0.714. The highest BCUT2D eigenvalue weighted by Crippen LogP contribution is 2.32. The molecule has 27 heavy (non-hydrogen) atoms. The molecule has 1 heterocycles. The lowest BCUT2D eigenvalue weighted by Gasteiger charge is -2.35. The fourth-order valence-electron chi connectivity index (χ4n) is 3.62. The van der Waals surface area contributed by atoms with Gasteiger partial charge in [-0.2, -0.15) is 0 Å². The van der Waals surface area contributed by atoms with Crippen LogP contribution in [0.1, 0.15) is 33.3 Å². The smallest absolute Gasteiger partial charge is 0.163 e. The minimum Gasteiger partial charge on any atom is -0.497 e. The Labute approximate surface area is 162 Å².